The van der Waals surface area contributed by atoms with Gasteiger partial charge >= 0.3 is 0 Å². The van der Waals surface area contributed by atoms with Crippen LogP contribution in [0.3, 0.4) is 0 Å². The monoisotopic (exact) mass is 236 g/mol. The topological polar surface area (TPSA) is 17.8 Å². The van der Waals surface area contributed by atoms with Crippen molar-refractivity contribution in [2.45, 2.75) is 13.3 Å². The normalized spacial score (nSPS) is 11.0. The van der Waals surface area contributed by atoms with Crippen LogP contribution >= 0.6 is 0 Å². The van der Waals surface area contributed by atoms with E-state index < -0.39 is 0 Å². The molecule has 1 aromatic heterocycles. The molecule has 0 saturated heterocycles. The van der Waals surface area contributed by atoms with Gasteiger partial charge < -0.3 is 4.57 Å². The van der Waals surface area contributed by atoms with Gasteiger partial charge in [-0.3, -0.25) is 0 Å². The fourth-order valence-corrected chi connectivity index (χ4v) is 2.33. The smallest absolute Gasteiger partial charge is 0.114 e. The first-order chi connectivity index (χ1) is 8.75. The molecule has 0 aliphatic carbocycles. The van der Waals surface area contributed by atoms with E-state index in [9.17, 15) is 0 Å². The summed E-state index contributed by atoms with van der Waals surface area (Å²) in [5.74, 6) is 1.12. The Morgan fingerprint density at radius 2 is 1.72 bits per heavy atom. The summed E-state index contributed by atoms with van der Waals surface area (Å²) in [6.45, 7) is 2.15. The molecule has 18 heavy (non-hydrogen) atoms. The van der Waals surface area contributed by atoms with Crippen molar-refractivity contribution in [2.24, 2.45) is 7.05 Å². The Labute approximate surface area is 107 Å². The van der Waals surface area contributed by atoms with Crippen molar-refractivity contribution >= 4 is 11.0 Å². The van der Waals surface area contributed by atoms with Gasteiger partial charge in [0.25, 0.3) is 0 Å². The van der Waals surface area contributed by atoms with Gasteiger partial charge in [-0.05, 0) is 30.2 Å². The third kappa shape index (κ3) is 1.80. The maximum atomic E-state index is 4.71. The van der Waals surface area contributed by atoms with Gasteiger partial charge in [0.1, 0.15) is 5.82 Å². The Balaban J connectivity index is 2.06. The number of fused-ring (bicyclic) bond motifs is 1. The zero-order valence-electron chi connectivity index (χ0n) is 10.7. The van der Waals surface area contributed by atoms with Crippen molar-refractivity contribution in [3.63, 3.8) is 0 Å². The number of nitrogens with zero attached hydrogens (tertiary/aromatic N) is 2. The van der Waals surface area contributed by atoms with Crippen molar-refractivity contribution in [1.29, 1.82) is 0 Å². The van der Waals surface area contributed by atoms with Crippen LogP contribution in [0.15, 0.2) is 48.5 Å². The summed E-state index contributed by atoms with van der Waals surface area (Å²) >= 11 is 0. The molecule has 0 saturated carbocycles. The molecule has 2 nitrogen and oxygen atoms in total. The van der Waals surface area contributed by atoms with Crippen LogP contribution < -0.4 is 0 Å². The van der Waals surface area contributed by atoms with E-state index in [2.05, 4.69) is 61.0 Å². The fraction of sp³-hybridized carbons (Fsp3) is 0.188. The molecule has 2 aromatic carbocycles. The fourth-order valence-electron chi connectivity index (χ4n) is 2.33. The lowest BCUT2D eigenvalue weighted by Gasteiger charge is -2.05. The zero-order valence-corrected chi connectivity index (χ0v) is 10.7. The van der Waals surface area contributed by atoms with Crippen molar-refractivity contribution in [3.05, 3.63) is 65.5 Å². The Hall–Kier alpha value is -2.09. The van der Waals surface area contributed by atoms with E-state index in [0.717, 1.165) is 17.8 Å². The van der Waals surface area contributed by atoms with E-state index in [1.807, 2.05) is 6.07 Å². The van der Waals surface area contributed by atoms with E-state index in [0.29, 0.717) is 0 Å². The lowest BCUT2D eigenvalue weighted by molar-refractivity contribution is 0.842. The highest BCUT2D eigenvalue weighted by Crippen LogP contribution is 2.18. The minimum atomic E-state index is 0.887. The van der Waals surface area contributed by atoms with Crippen LogP contribution in [0.5, 0.6) is 0 Å². The van der Waals surface area contributed by atoms with Crippen molar-refractivity contribution in [3.8, 4) is 0 Å². The summed E-state index contributed by atoms with van der Waals surface area (Å²) in [6.07, 6.45) is 0.887. The van der Waals surface area contributed by atoms with E-state index in [1.54, 1.807) is 0 Å². The summed E-state index contributed by atoms with van der Waals surface area (Å²) in [4.78, 5) is 4.71. The van der Waals surface area contributed by atoms with Crippen LogP contribution in [0.1, 0.15) is 17.0 Å². The summed E-state index contributed by atoms with van der Waals surface area (Å²) in [5.41, 5.74) is 4.94. The molecule has 0 aliphatic heterocycles. The summed E-state index contributed by atoms with van der Waals surface area (Å²) < 4.78 is 2.18. The largest absolute Gasteiger partial charge is 0.331 e. The molecular weight excluding hydrogens is 220 g/mol. The first-order valence-corrected chi connectivity index (χ1v) is 6.20. The lowest BCUT2D eigenvalue weighted by Crippen LogP contribution is -2.00. The van der Waals surface area contributed by atoms with E-state index in [-0.39, 0.29) is 0 Å². The molecule has 0 N–H and O–H groups in total. The highest BCUT2D eigenvalue weighted by Gasteiger charge is 2.08. The molecule has 0 radical (unpaired) electrons. The number of hydrogen-bond donors (Lipinski definition) is 0. The standard InChI is InChI=1S/C16H16N2/c1-12-7-3-4-8-13(12)11-16-17-14-9-5-6-10-15(14)18(16)2/h3-10H,11H2,1-2H3. The number of aromatic nitrogens is 2. The summed E-state index contributed by atoms with van der Waals surface area (Å²) in [6, 6.07) is 16.8. The average Bonchev–Trinajstić information content (AvgIpc) is 2.70. The van der Waals surface area contributed by atoms with Gasteiger partial charge in [-0.25, -0.2) is 4.98 Å². The predicted molar refractivity (Wildman–Crippen MR) is 74.7 cm³/mol. The van der Waals surface area contributed by atoms with Gasteiger partial charge in [0.05, 0.1) is 11.0 Å². The molecule has 3 rings (SSSR count). The quantitative estimate of drug-likeness (QED) is 0.666. The molecule has 3 aromatic rings. The van der Waals surface area contributed by atoms with Crippen LogP contribution in [0.2, 0.25) is 0 Å². The molecule has 0 spiro atoms. The van der Waals surface area contributed by atoms with E-state index in [4.69, 9.17) is 4.98 Å². The SMILES string of the molecule is Cc1ccccc1Cc1nc2ccccc2n1C. The Morgan fingerprint density at radius 3 is 2.50 bits per heavy atom. The van der Waals surface area contributed by atoms with Crippen LogP contribution in [0.4, 0.5) is 0 Å². The minimum Gasteiger partial charge on any atom is -0.331 e. The van der Waals surface area contributed by atoms with Gasteiger partial charge in [-0.15, -0.1) is 0 Å². The molecule has 0 fully saturated rings. The Morgan fingerprint density at radius 1 is 1.00 bits per heavy atom. The number of benzene rings is 2. The van der Waals surface area contributed by atoms with Gasteiger partial charge in [0, 0.05) is 13.5 Å². The molecule has 0 atom stereocenters. The minimum absolute atomic E-state index is 0.887. The van der Waals surface area contributed by atoms with E-state index in [1.165, 1.54) is 16.6 Å². The second-order valence-electron chi connectivity index (χ2n) is 4.68. The number of imidazole rings is 1. The molecule has 0 aliphatic rings. The summed E-state index contributed by atoms with van der Waals surface area (Å²) in [5, 5.41) is 0. The van der Waals surface area contributed by atoms with Gasteiger partial charge in [0.15, 0.2) is 0 Å². The van der Waals surface area contributed by atoms with Crippen LogP contribution in [-0.2, 0) is 13.5 Å². The van der Waals surface area contributed by atoms with E-state index >= 15 is 0 Å². The molecule has 0 unspecified atom stereocenters. The maximum Gasteiger partial charge on any atom is 0.114 e. The first kappa shape index (κ1) is 11.0. The molecular formula is C16H16N2. The average molecular weight is 236 g/mol. The highest BCUT2D eigenvalue weighted by atomic mass is 15.1. The number of aryl methyl sites for hydroxylation is 2. The highest BCUT2D eigenvalue weighted by molar-refractivity contribution is 5.75. The second kappa shape index (κ2) is 4.30. The molecule has 2 heteroatoms. The lowest BCUT2D eigenvalue weighted by atomic mass is 10.1. The number of rotatable bonds is 2. The third-order valence-electron chi connectivity index (χ3n) is 3.49. The number of para-hydroxylation sites is 2. The molecule has 90 valence electrons. The molecule has 1 heterocycles. The van der Waals surface area contributed by atoms with Crippen LogP contribution in [-0.4, -0.2) is 9.55 Å². The van der Waals surface area contributed by atoms with Crippen LogP contribution in [0, 0.1) is 6.92 Å². The van der Waals surface area contributed by atoms with Crippen molar-refractivity contribution < 1.29 is 0 Å². The zero-order chi connectivity index (χ0) is 12.5. The van der Waals surface area contributed by atoms with Gasteiger partial charge in [0.2, 0.25) is 0 Å². The van der Waals surface area contributed by atoms with Gasteiger partial charge in [-0.2, -0.15) is 0 Å². The first-order valence-electron chi connectivity index (χ1n) is 6.20. The summed E-state index contributed by atoms with van der Waals surface area (Å²) in [7, 11) is 2.09. The predicted octanol–water partition coefficient (Wildman–Crippen LogP) is 3.47. The molecule has 0 amide bonds. The van der Waals surface area contributed by atoms with Crippen molar-refractivity contribution in [1.82, 2.24) is 9.55 Å². The third-order valence-corrected chi connectivity index (χ3v) is 3.49. The Bertz CT molecular complexity index is 695. The second-order valence-corrected chi connectivity index (χ2v) is 4.68. The molecule has 0 bridgehead atoms. The number of hydrogen-bond acceptors (Lipinski definition) is 1. The maximum absolute atomic E-state index is 4.71. The van der Waals surface area contributed by atoms with Crippen molar-refractivity contribution in [2.75, 3.05) is 0 Å². The van der Waals surface area contributed by atoms with Crippen LogP contribution in [0.25, 0.3) is 11.0 Å². The van der Waals surface area contributed by atoms with Gasteiger partial charge in [-0.1, -0.05) is 36.4 Å². The Kier molecular flexibility index (Phi) is 2.63.